The van der Waals surface area contributed by atoms with Crippen molar-refractivity contribution in [3.63, 3.8) is 0 Å². The number of aromatic nitrogens is 1. The quantitative estimate of drug-likeness (QED) is 0.849. The molecule has 0 unspecified atom stereocenters. The minimum Gasteiger partial charge on any atom is -0.377 e. The number of carbonyl (C=O) groups excluding carboxylic acids is 1. The van der Waals surface area contributed by atoms with Gasteiger partial charge in [-0.3, -0.25) is 4.79 Å². The van der Waals surface area contributed by atoms with E-state index in [9.17, 15) is 9.18 Å². The first-order chi connectivity index (χ1) is 11.5. The zero-order chi connectivity index (χ0) is 17.2. The summed E-state index contributed by atoms with van der Waals surface area (Å²) in [5, 5.41) is 2.87. The summed E-state index contributed by atoms with van der Waals surface area (Å²) < 4.78 is 18.4. The average molecular weight is 348 g/mol. The second-order valence-corrected chi connectivity index (χ2v) is 7.49. The predicted molar refractivity (Wildman–Crippen MR) is 92.4 cm³/mol. The number of hydrogen-bond donors (Lipinski definition) is 0. The summed E-state index contributed by atoms with van der Waals surface area (Å²) in [5.74, 6) is -0.116. The molecule has 2 heterocycles. The van der Waals surface area contributed by atoms with Gasteiger partial charge in [-0.15, -0.1) is 11.3 Å². The Balaban J connectivity index is 1.61. The van der Waals surface area contributed by atoms with Crippen LogP contribution in [0.4, 0.5) is 4.39 Å². The fraction of sp³-hybridized carbons (Fsp3) is 0.444. The van der Waals surface area contributed by atoms with Gasteiger partial charge in [-0.25, -0.2) is 9.37 Å². The topological polar surface area (TPSA) is 42.4 Å². The van der Waals surface area contributed by atoms with Crippen LogP contribution in [0.5, 0.6) is 0 Å². The number of nitrogens with zero attached hydrogens (tertiary/aromatic N) is 2. The van der Waals surface area contributed by atoms with Gasteiger partial charge in [0.25, 0.3) is 0 Å². The van der Waals surface area contributed by atoms with E-state index in [0.717, 1.165) is 16.3 Å². The summed E-state index contributed by atoms with van der Waals surface area (Å²) in [7, 11) is 0. The van der Waals surface area contributed by atoms with Crippen molar-refractivity contribution >= 4 is 17.2 Å². The van der Waals surface area contributed by atoms with Crippen LogP contribution >= 0.6 is 11.3 Å². The van der Waals surface area contributed by atoms with Crippen molar-refractivity contribution < 1.29 is 13.9 Å². The maximum atomic E-state index is 13.0. The van der Waals surface area contributed by atoms with Crippen LogP contribution in [0.3, 0.4) is 0 Å². The van der Waals surface area contributed by atoms with E-state index in [2.05, 4.69) is 4.98 Å². The molecule has 1 amide bonds. The van der Waals surface area contributed by atoms with Crippen LogP contribution in [0.25, 0.3) is 11.3 Å². The third-order valence-corrected chi connectivity index (χ3v) is 5.10. The molecule has 24 heavy (non-hydrogen) atoms. The molecule has 4 nitrogen and oxygen atoms in total. The Hall–Kier alpha value is -1.79. The van der Waals surface area contributed by atoms with Gasteiger partial charge in [0.1, 0.15) is 5.82 Å². The smallest absolute Gasteiger partial charge is 0.223 e. The Morgan fingerprint density at radius 2 is 2.12 bits per heavy atom. The molecule has 0 saturated carbocycles. The van der Waals surface area contributed by atoms with Crippen LogP contribution in [0.2, 0.25) is 0 Å². The normalized spacial score (nSPS) is 17.0. The Labute approximate surface area is 145 Å². The van der Waals surface area contributed by atoms with Crippen molar-refractivity contribution in [1.82, 2.24) is 9.88 Å². The van der Waals surface area contributed by atoms with E-state index < -0.39 is 0 Å². The molecule has 1 aliphatic rings. The number of aryl methyl sites for hydroxylation is 1. The predicted octanol–water partition coefficient (Wildman–Crippen LogP) is 3.52. The number of amides is 1. The fourth-order valence-corrected chi connectivity index (χ4v) is 3.66. The van der Waals surface area contributed by atoms with E-state index in [1.807, 2.05) is 24.1 Å². The summed E-state index contributed by atoms with van der Waals surface area (Å²) in [6.45, 7) is 5.87. The first-order valence-corrected chi connectivity index (χ1v) is 8.92. The van der Waals surface area contributed by atoms with Gasteiger partial charge >= 0.3 is 0 Å². The highest BCUT2D eigenvalue weighted by Gasteiger charge is 2.33. The molecule has 0 spiro atoms. The standard InChI is InChI=1S/C18H21FN2O2S/c1-18(2)12-23-10-9-21(18)17(22)8-7-16-20-15(11-24-16)13-3-5-14(19)6-4-13/h3-6,11H,7-10,12H2,1-2H3. The lowest BCUT2D eigenvalue weighted by Crippen LogP contribution is -2.55. The van der Waals surface area contributed by atoms with Gasteiger partial charge in [0.2, 0.25) is 5.91 Å². The highest BCUT2D eigenvalue weighted by atomic mass is 32.1. The summed E-state index contributed by atoms with van der Waals surface area (Å²) in [6.07, 6.45) is 1.07. The molecular formula is C18H21FN2O2S. The van der Waals surface area contributed by atoms with Crippen molar-refractivity contribution in [1.29, 1.82) is 0 Å². The van der Waals surface area contributed by atoms with Crippen molar-refractivity contribution in [2.45, 2.75) is 32.2 Å². The third kappa shape index (κ3) is 3.82. The molecule has 0 aliphatic carbocycles. The first kappa shape index (κ1) is 17.0. The highest BCUT2D eigenvalue weighted by Crippen LogP contribution is 2.24. The second kappa shape index (κ2) is 6.99. The minimum atomic E-state index is -0.257. The van der Waals surface area contributed by atoms with E-state index >= 15 is 0 Å². The molecule has 1 saturated heterocycles. The van der Waals surface area contributed by atoms with Gasteiger partial charge in [-0.05, 0) is 38.1 Å². The second-order valence-electron chi connectivity index (χ2n) is 6.54. The van der Waals surface area contributed by atoms with Crippen molar-refractivity contribution in [3.05, 3.63) is 40.5 Å². The summed E-state index contributed by atoms with van der Waals surface area (Å²) in [4.78, 5) is 19.0. The molecule has 6 heteroatoms. The molecule has 0 bridgehead atoms. The number of hydrogen-bond acceptors (Lipinski definition) is 4. The Morgan fingerprint density at radius 3 is 2.83 bits per heavy atom. The van der Waals surface area contributed by atoms with Gasteiger partial charge in [0.15, 0.2) is 0 Å². The van der Waals surface area contributed by atoms with Gasteiger partial charge in [-0.1, -0.05) is 0 Å². The Kier molecular flexibility index (Phi) is 4.96. The first-order valence-electron chi connectivity index (χ1n) is 8.04. The fourth-order valence-electron chi connectivity index (χ4n) is 2.85. The van der Waals surface area contributed by atoms with E-state index in [-0.39, 0.29) is 17.3 Å². The molecule has 0 radical (unpaired) electrons. The van der Waals surface area contributed by atoms with Crippen molar-refractivity contribution in [2.75, 3.05) is 19.8 Å². The molecule has 128 valence electrons. The molecule has 1 aromatic heterocycles. The van der Waals surface area contributed by atoms with Gasteiger partial charge in [0.05, 0.1) is 29.5 Å². The SMILES string of the molecule is CC1(C)COCCN1C(=O)CCc1nc(-c2ccc(F)cc2)cs1. The minimum absolute atomic E-state index is 0.141. The number of ether oxygens (including phenoxy) is 1. The number of morpholine rings is 1. The van der Waals surface area contributed by atoms with Crippen LogP contribution in [0.1, 0.15) is 25.3 Å². The lowest BCUT2D eigenvalue weighted by molar-refractivity contribution is -0.146. The summed E-state index contributed by atoms with van der Waals surface area (Å²) in [6, 6.07) is 6.29. The zero-order valence-electron chi connectivity index (χ0n) is 13.9. The molecule has 1 fully saturated rings. The number of benzene rings is 1. The van der Waals surface area contributed by atoms with Crippen molar-refractivity contribution in [2.24, 2.45) is 0 Å². The van der Waals surface area contributed by atoms with Gasteiger partial charge in [-0.2, -0.15) is 0 Å². The van der Waals surface area contributed by atoms with Crippen LogP contribution in [-0.2, 0) is 16.0 Å². The molecule has 3 rings (SSSR count). The lowest BCUT2D eigenvalue weighted by Gasteiger charge is -2.42. The largest absolute Gasteiger partial charge is 0.377 e. The Bertz CT molecular complexity index is 712. The average Bonchev–Trinajstić information content (AvgIpc) is 3.02. The highest BCUT2D eigenvalue weighted by molar-refractivity contribution is 7.09. The Morgan fingerprint density at radius 1 is 1.38 bits per heavy atom. The van der Waals surface area contributed by atoms with Crippen LogP contribution in [0.15, 0.2) is 29.6 Å². The van der Waals surface area contributed by atoms with E-state index in [0.29, 0.717) is 32.6 Å². The van der Waals surface area contributed by atoms with E-state index in [1.165, 1.54) is 23.5 Å². The number of thiazole rings is 1. The van der Waals surface area contributed by atoms with Crippen LogP contribution in [0, 0.1) is 5.82 Å². The molecule has 1 aromatic carbocycles. The van der Waals surface area contributed by atoms with Crippen LogP contribution < -0.4 is 0 Å². The van der Waals surface area contributed by atoms with Gasteiger partial charge < -0.3 is 9.64 Å². The summed E-state index contributed by atoms with van der Waals surface area (Å²) in [5.41, 5.74) is 1.46. The molecule has 0 N–H and O–H groups in total. The third-order valence-electron chi connectivity index (χ3n) is 4.19. The van der Waals surface area contributed by atoms with E-state index in [1.54, 1.807) is 12.1 Å². The van der Waals surface area contributed by atoms with Crippen LogP contribution in [-0.4, -0.2) is 41.1 Å². The lowest BCUT2D eigenvalue weighted by atomic mass is 10.0. The van der Waals surface area contributed by atoms with Crippen molar-refractivity contribution in [3.8, 4) is 11.3 Å². The molecular weight excluding hydrogens is 327 g/mol. The molecule has 1 aliphatic heterocycles. The van der Waals surface area contributed by atoms with Gasteiger partial charge in [0, 0.05) is 30.3 Å². The maximum Gasteiger partial charge on any atom is 0.223 e. The number of rotatable bonds is 4. The molecule has 0 atom stereocenters. The number of halogens is 1. The maximum absolute atomic E-state index is 13.0. The monoisotopic (exact) mass is 348 g/mol. The molecule has 2 aromatic rings. The van der Waals surface area contributed by atoms with E-state index in [4.69, 9.17) is 4.74 Å². The summed E-state index contributed by atoms with van der Waals surface area (Å²) >= 11 is 1.54. The number of carbonyl (C=O) groups is 1. The zero-order valence-corrected chi connectivity index (χ0v) is 14.7.